The van der Waals surface area contributed by atoms with Gasteiger partial charge in [0.2, 0.25) is 11.8 Å². The maximum Gasteiger partial charge on any atom is 0.418 e. The summed E-state index contributed by atoms with van der Waals surface area (Å²) in [6.07, 6.45) is -2.99. The average molecular weight is 563 g/mol. The van der Waals surface area contributed by atoms with Gasteiger partial charge in [-0.2, -0.15) is 13.2 Å². The topological polar surface area (TPSA) is 92.8 Å². The average Bonchev–Trinajstić information content (AvgIpc) is 3.63. The molecule has 1 N–H and O–H groups in total. The third-order valence-corrected chi connectivity index (χ3v) is 8.42. The molecule has 0 unspecified atom stereocenters. The number of hydrogen-bond donors (Lipinski definition) is 1. The molecule has 2 aliphatic carbocycles. The number of carbonyl (C=O) groups is 4. The fourth-order valence-corrected chi connectivity index (χ4v) is 6.81. The minimum atomic E-state index is -4.67. The summed E-state index contributed by atoms with van der Waals surface area (Å²) in [4.78, 5) is 53.1. The summed E-state index contributed by atoms with van der Waals surface area (Å²) < 4.78 is 44.6. The number of hydrogen-bond acceptors (Lipinski definition) is 5. The molecule has 3 fully saturated rings. The first kappa shape index (κ1) is 26.7. The van der Waals surface area contributed by atoms with Crippen molar-refractivity contribution in [1.29, 1.82) is 0 Å². The number of rotatable bonds is 6. The molecule has 3 aliphatic rings. The summed E-state index contributed by atoms with van der Waals surface area (Å²) in [5.74, 6) is -2.81. The number of ether oxygens (including phenoxy) is 1. The molecule has 5 atom stereocenters. The second-order valence-electron chi connectivity index (χ2n) is 10.7. The van der Waals surface area contributed by atoms with Crippen LogP contribution >= 0.6 is 0 Å². The van der Waals surface area contributed by atoms with Crippen LogP contribution in [-0.4, -0.2) is 30.3 Å². The molecule has 3 aromatic rings. The van der Waals surface area contributed by atoms with Crippen LogP contribution in [0, 0.1) is 23.7 Å². The number of benzene rings is 3. The van der Waals surface area contributed by atoms with Gasteiger partial charge in [0.1, 0.15) is 0 Å². The SMILES string of the molecule is O=C(COC(=O)c1cccc(N2C(=O)[C@@H]3[C@@H]4C[C@@H]([C@H]3C2=O)[C@H](c2ccccc2)C4)c1)Nc1ccccc1C(F)(F)F. The van der Waals surface area contributed by atoms with Gasteiger partial charge < -0.3 is 10.1 Å². The molecule has 1 saturated heterocycles. The van der Waals surface area contributed by atoms with Gasteiger partial charge in [-0.05, 0) is 66.5 Å². The van der Waals surface area contributed by atoms with E-state index in [0.717, 1.165) is 29.9 Å². The normalized spacial score (nSPS) is 24.9. The van der Waals surface area contributed by atoms with E-state index in [4.69, 9.17) is 4.74 Å². The van der Waals surface area contributed by atoms with Crippen LogP contribution < -0.4 is 10.2 Å². The summed E-state index contributed by atoms with van der Waals surface area (Å²) in [5, 5.41) is 2.11. The molecule has 0 spiro atoms. The van der Waals surface area contributed by atoms with Crippen molar-refractivity contribution in [3.8, 4) is 0 Å². The Hall–Kier alpha value is -4.47. The Morgan fingerprint density at radius 2 is 1.59 bits per heavy atom. The minimum absolute atomic E-state index is 0.00575. The number of carbonyl (C=O) groups excluding carboxylic acids is 4. The van der Waals surface area contributed by atoms with Crippen molar-refractivity contribution in [1.82, 2.24) is 0 Å². The second kappa shape index (κ2) is 10.2. The van der Waals surface area contributed by atoms with E-state index < -0.39 is 41.8 Å². The van der Waals surface area contributed by atoms with Crippen molar-refractivity contribution in [3.63, 3.8) is 0 Å². The summed E-state index contributed by atoms with van der Waals surface area (Å²) >= 11 is 0. The molecule has 1 heterocycles. The van der Waals surface area contributed by atoms with E-state index >= 15 is 0 Å². The van der Waals surface area contributed by atoms with Crippen LogP contribution in [0.1, 0.15) is 40.2 Å². The van der Waals surface area contributed by atoms with Gasteiger partial charge in [-0.3, -0.25) is 19.3 Å². The van der Waals surface area contributed by atoms with Crippen LogP contribution in [0.3, 0.4) is 0 Å². The summed E-state index contributed by atoms with van der Waals surface area (Å²) in [6, 6.07) is 20.3. The summed E-state index contributed by atoms with van der Waals surface area (Å²) in [6.45, 7) is -0.828. The van der Waals surface area contributed by atoms with Gasteiger partial charge in [0, 0.05) is 0 Å². The van der Waals surface area contributed by atoms with Crippen molar-refractivity contribution in [2.24, 2.45) is 23.7 Å². The van der Waals surface area contributed by atoms with Crippen LogP contribution in [0.25, 0.3) is 0 Å². The maximum absolute atomic E-state index is 13.6. The smallest absolute Gasteiger partial charge is 0.418 e. The fraction of sp³-hybridized carbons (Fsp3) is 0.290. The van der Waals surface area contributed by atoms with Gasteiger partial charge in [0.25, 0.3) is 5.91 Å². The molecule has 10 heteroatoms. The van der Waals surface area contributed by atoms with E-state index in [2.05, 4.69) is 17.4 Å². The third-order valence-electron chi connectivity index (χ3n) is 8.42. The molecule has 3 amide bonds. The Kier molecular flexibility index (Phi) is 6.63. The standard InChI is InChI=1S/C31H25F3N2O5/c32-31(33,34)23-11-4-5-12-24(23)35-25(37)16-41-30(40)18-9-6-10-20(13-18)36-28(38)26-19-14-21(17-7-2-1-3-8-17)22(15-19)27(26)29(36)39/h1-13,19,21-22,26-27H,14-16H2,(H,35,37)/t19-,21-,22+,26+,27+/m0/s1. The number of alkyl halides is 3. The zero-order valence-electron chi connectivity index (χ0n) is 21.6. The zero-order chi connectivity index (χ0) is 28.9. The molecule has 3 aromatic carbocycles. The lowest BCUT2D eigenvalue weighted by Crippen LogP contribution is -2.33. The molecular weight excluding hydrogens is 537 g/mol. The van der Waals surface area contributed by atoms with Crippen molar-refractivity contribution < 1.29 is 37.1 Å². The van der Waals surface area contributed by atoms with E-state index in [1.165, 1.54) is 35.9 Å². The van der Waals surface area contributed by atoms with Crippen LogP contribution in [0.2, 0.25) is 0 Å². The lowest BCUT2D eigenvalue weighted by Gasteiger charge is -2.28. The Bertz CT molecular complexity index is 1540. The van der Waals surface area contributed by atoms with Gasteiger partial charge in [0.05, 0.1) is 34.3 Å². The van der Waals surface area contributed by atoms with Gasteiger partial charge in [-0.25, -0.2) is 4.79 Å². The first-order valence-electron chi connectivity index (χ1n) is 13.3. The van der Waals surface area contributed by atoms with Crippen LogP contribution in [0.15, 0.2) is 78.9 Å². The number of fused-ring (bicyclic) bond motifs is 5. The number of imide groups is 1. The Morgan fingerprint density at radius 1 is 0.878 bits per heavy atom. The van der Waals surface area contributed by atoms with Gasteiger partial charge in [0.15, 0.2) is 6.61 Å². The highest BCUT2D eigenvalue weighted by atomic mass is 19.4. The molecule has 6 rings (SSSR count). The molecule has 41 heavy (non-hydrogen) atoms. The zero-order valence-corrected chi connectivity index (χ0v) is 21.6. The number of para-hydroxylation sites is 1. The number of esters is 1. The minimum Gasteiger partial charge on any atom is -0.452 e. The first-order valence-corrected chi connectivity index (χ1v) is 13.3. The summed E-state index contributed by atoms with van der Waals surface area (Å²) in [7, 11) is 0. The largest absolute Gasteiger partial charge is 0.452 e. The number of halogens is 3. The molecule has 0 radical (unpaired) electrons. The van der Waals surface area contributed by atoms with E-state index in [-0.39, 0.29) is 46.7 Å². The number of anilines is 2. The van der Waals surface area contributed by atoms with E-state index in [0.29, 0.717) is 0 Å². The third kappa shape index (κ3) is 4.77. The van der Waals surface area contributed by atoms with Gasteiger partial charge in [-0.15, -0.1) is 0 Å². The van der Waals surface area contributed by atoms with E-state index in [1.54, 1.807) is 6.07 Å². The van der Waals surface area contributed by atoms with E-state index in [9.17, 15) is 32.3 Å². The number of nitrogens with zero attached hydrogens (tertiary/aromatic N) is 1. The Labute approximate surface area is 233 Å². The number of amides is 3. The monoisotopic (exact) mass is 562 g/mol. The quantitative estimate of drug-likeness (QED) is 0.320. The van der Waals surface area contributed by atoms with E-state index in [1.807, 2.05) is 18.2 Å². The predicted molar refractivity (Wildman–Crippen MR) is 142 cm³/mol. The molecule has 7 nitrogen and oxygen atoms in total. The Balaban J connectivity index is 1.13. The highest BCUT2D eigenvalue weighted by Gasteiger charge is 2.64. The van der Waals surface area contributed by atoms with Crippen molar-refractivity contribution in [2.75, 3.05) is 16.8 Å². The molecule has 2 saturated carbocycles. The number of nitrogens with one attached hydrogen (secondary N) is 1. The Morgan fingerprint density at radius 3 is 2.34 bits per heavy atom. The predicted octanol–water partition coefficient (Wildman–Crippen LogP) is 5.43. The summed E-state index contributed by atoms with van der Waals surface area (Å²) in [5.41, 5.74) is -0.0755. The highest BCUT2D eigenvalue weighted by Crippen LogP contribution is 2.61. The molecule has 2 bridgehead atoms. The van der Waals surface area contributed by atoms with Crippen molar-refractivity contribution in [3.05, 3.63) is 95.6 Å². The molecule has 0 aromatic heterocycles. The van der Waals surface area contributed by atoms with Gasteiger partial charge in [-0.1, -0.05) is 48.5 Å². The van der Waals surface area contributed by atoms with Crippen LogP contribution in [0.4, 0.5) is 24.5 Å². The fourth-order valence-electron chi connectivity index (χ4n) is 6.81. The lowest BCUT2D eigenvalue weighted by molar-refractivity contribution is -0.137. The van der Waals surface area contributed by atoms with Crippen LogP contribution in [0.5, 0.6) is 0 Å². The molecule has 210 valence electrons. The molecular formula is C31H25F3N2O5. The second-order valence-corrected chi connectivity index (χ2v) is 10.7. The van der Waals surface area contributed by atoms with Gasteiger partial charge >= 0.3 is 12.1 Å². The lowest BCUT2D eigenvalue weighted by atomic mass is 9.73. The first-order chi connectivity index (χ1) is 19.6. The van der Waals surface area contributed by atoms with Crippen molar-refractivity contribution >= 4 is 35.1 Å². The van der Waals surface area contributed by atoms with Crippen LogP contribution in [-0.2, 0) is 25.3 Å². The maximum atomic E-state index is 13.6. The highest BCUT2D eigenvalue weighted by molar-refractivity contribution is 6.23. The van der Waals surface area contributed by atoms with Crippen molar-refractivity contribution in [2.45, 2.75) is 24.9 Å². The molecule has 1 aliphatic heterocycles.